The maximum Gasteiger partial charge on any atom is 0.105 e. The van der Waals surface area contributed by atoms with Crippen molar-refractivity contribution in [3.63, 3.8) is 0 Å². The molecule has 0 amide bonds. The smallest absolute Gasteiger partial charge is 0.105 e. The van der Waals surface area contributed by atoms with E-state index in [1.165, 1.54) is 25.7 Å². The fraction of sp³-hybridized carbons (Fsp3) is 0.636. The fourth-order valence-corrected chi connectivity index (χ4v) is 5.26. The summed E-state index contributed by atoms with van der Waals surface area (Å²) in [6.07, 6.45) is 4.98. The van der Waals surface area contributed by atoms with E-state index < -0.39 is 5.60 Å². The van der Waals surface area contributed by atoms with Crippen molar-refractivity contribution >= 4 is 43.2 Å². The Morgan fingerprint density at radius 3 is 2.33 bits per heavy atom. The molecule has 1 N–H and O–H groups in total. The van der Waals surface area contributed by atoms with Crippen molar-refractivity contribution in [3.05, 3.63) is 19.2 Å². The molecule has 1 aromatic rings. The summed E-state index contributed by atoms with van der Waals surface area (Å²) in [4.78, 5) is 1.14. The van der Waals surface area contributed by atoms with E-state index in [1.807, 2.05) is 0 Å². The van der Waals surface area contributed by atoms with Gasteiger partial charge in [0, 0.05) is 9.35 Å². The normalized spacial score (nSPS) is 38.9. The Labute approximate surface area is 110 Å². The molecule has 2 aliphatic rings. The average molecular weight is 352 g/mol. The highest BCUT2D eigenvalue weighted by Crippen LogP contribution is 2.66. The molecule has 1 nitrogen and oxygen atoms in total. The van der Waals surface area contributed by atoms with Gasteiger partial charge in [-0.25, -0.2) is 0 Å². The van der Waals surface area contributed by atoms with Gasteiger partial charge in [-0.2, -0.15) is 0 Å². The minimum Gasteiger partial charge on any atom is -0.384 e. The molecule has 0 spiro atoms. The Balaban J connectivity index is 1.94. The summed E-state index contributed by atoms with van der Waals surface area (Å²) in [5, 5.41) is 10.7. The second-order valence-corrected chi connectivity index (χ2v) is 7.78. The zero-order valence-corrected chi connectivity index (χ0v) is 12.2. The highest BCUT2D eigenvalue weighted by molar-refractivity contribution is 9.13. The van der Waals surface area contributed by atoms with Crippen LogP contribution < -0.4 is 0 Å². The number of hydrogen-bond acceptors (Lipinski definition) is 2. The topological polar surface area (TPSA) is 20.2 Å². The third-order valence-electron chi connectivity index (χ3n) is 3.83. The Morgan fingerprint density at radius 1 is 1.27 bits per heavy atom. The summed E-state index contributed by atoms with van der Waals surface area (Å²) in [5.41, 5.74) is -0.490. The molecule has 0 aliphatic heterocycles. The molecule has 0 saturated heterocycles. The molecule has 1 aromatic heterocycles. The third kappa shape index (κ3) is 1.48. The Bertz CT molecular complexity index is 370. The molecule has 2 fully saturated rings. The van der Waals surface area contributed by atoms with E-state index in [1.54, 1.807) is 11.3 Å². The zero-order valence-electron chi connectivity index (χ0n) is 8.17. The van der Waals surface area contributed by atoms with E-state index in [4.69, 9.17) is 0 Å². The quantitative estimate of drug-likeness (QED) is 0.800. The Morgan fingerprint density at radius 2 is 1.87 bits per heavy atom. The highest BCUT2D eigenvalue weighted by atomic mass is 79.9. The number of halogens is 2. The molecular weight excluding hydrogens is 340 g/mol. The van der Waals surface area contributed by atoms with Crippen LogP contribution in [0.15, 0.2) is 14.3 Å². The van der Waals surface area contributed by atoms with E-state index in [9.17, 15) is 5.11 Å². The molecule has 2 unspecified atom stereocenters. The predicted octanol–water partition coefficient (Wildman–Crippen LogP) is 4.28. The van der Waals surface area contributed by atoms with Crippen molar-refractivity contribution in [2.45, 2.75) is 31.3 Å². The lowest BCUT2D eigenvalue weighted by atomic mass is 10.0. The van der Waals surface area contributed by atoms with Crippen LogP contribution >= 0.6 is 43.2 Å². The Kier molecular flexibility index (Phi) is 2.55. The van der Waals surface area contributed by atoms with Crippen molar-refractivity contribution in [2.75, 3.05) is 0 Å². The van der Waals surface area contributed by atoms with Crippen LogP contribution in [0.5, 0.6) is 0 Å². The zero-order chi connectivity index (χ0) is 10.6. The van der Waals surface area contributed by atoms with Crippen LogP contribution in [-0.4, -0.2) is 5.11 Å². The first-order chi connectivity index (χ1) is 7.14. The van der Waals surface area contributed by atoms with Crippen LogP contribution in [-0.2, 0) is 5.60 Å². The standard InChI is InChI=1S/C11H12Br2OS/c12-8-5-9(15-10(8)13)11(14)6-3-1-2-4-7(6)11/h5-7,14H,1-4H2. The van der Waals surface area contributed by atoms with Crippen LogP contribution in [0, 0.1) is 11.8 Å². The van der Waals surface area contributed by atoms with Gasteiger partial charge in [0.2, 0.25) is 0 Å². The SMILES string of the molecule is OC1(c2cc(Br)c(Br)s2)C2CCCCC21. The average Bonchev–Trinajstić information content (AvgIpc) is 2.71. The summed E-state index contributed by atoms with van der Waals surface area (Å²) < 4.78 is 2.16. The molecule has 82 valence electrons. The molecule has 1 heterocycles. The van der Waals surface area contributed by atoms with Gasteiger partial charge < -0.3 is 5.11 Å². The molecule has 2 saturated carbocycles. The van der Waals surface area contributed by atoms with Gasteiger partial charge in [-0.3, -0.25) is 0 Å². The van der Waals surface area contributed by atoms with Crippen molar-refractivity contribution < 1.29 is 5.11 Å². The van der Waals surface area contributed by atoms with Crippen molar-refractivity contribution in [1.82, 2.24) is 0 Å². The van der Waals surface area contributed by atoms with Gasteiger partial charge in [-0.05, 0) is 62.6 Å². The largest absolute Gasteiger partial charge is 0.384 e. The summed E-state index contributed by atoms with van der Waals surface area (Å²) >= 11 is 8.65. The first kappa shape index (κ1) is 10.8. The monoisotopic (exact) mass is 350 g/mol. The van der Waals surface area contributed by atoms with Gasteiger partial charge in [0.15, 0.2) is 0 Å². The van der Waals surface area contributed by atoms with Gasteiger partial charge in [0.25, 0.3) is 0 Å². The maximum absolute atomic E-state index is 10.7. The summed E-state index contributed by atoms with van der Waals surface area (Å²) in [5.74, 6) is 1.06. The van der Waals surface area contributed by atoms with Crippen molar-refractivity contribution in [2.24, 2.45) is 11.8 Å². The van der Waals surface area contributed by atoms with Crippen LogP contribution in [0.3, 0.4) is 0 Å². The lowest BCUT2D eigenvalue weighted by molar-refractivity contribution is 0.122. The Hall–Kier alpha value is 0.620. The molecule has 4 heteroatoms. The molecule has 0 radical (unpaired) electrons. The van der Waals surface area contributed by atoms with E-state index in [0.29, 0.717) is 11.8 Å². The van der Waals surface area contributed by atoms with Gasteiger partial charge in [0.1, 0.15) is 5.60 Å². The first-order valence-electron chi connectivity index (χ1n) is 5.31. The van der Waals surface area contributed by atoms with Gasteiger partial charge >= 0.3 is 0 Å². The minimum absolute atomic E-state index is 0.490. The van der Waals surface area contributed by atoms with Gasteiger partial charge in [0.05, 0.1) is 3.79 Å². The summed E-state index contributed by atoms with van der Waals surface area (Å²) in [7, 11) is 0. The van der Waals surface area contributed by atoms with E-state index in [2.05, 4.69) is 37.9 Å². The molecule has 15 heavy (non-hydrogen) atoms. The lowest BCUT2D eigenvalue weighted by Gasteiger charge is -2.06. The van der Waals surface area contributed by atoms with Crippen molar-refractivity contribution in [3.8, 4) is 0 Å². The summed E-state index contributed by atoms with van der Waals surface area (Å²) in [6, 6.07) is 2.08. The van der Waals surface area contributed by atoms with Crippen LogP contribution in [0.2, 0.25) is 0 Å². The second-order valence-electron chi connectivity index (χ2n) is 4.56. The van der Waals surface area contributed by atoms with E-state index in [-0.39, 0.29) is 0 Å². The molecule has 2 atom stereocenters. The fourth-order valence-electron chi connectivity index (χ4n) is 3.00. The van der Waals surface area contributed by atoms with Gasteiger partial charge in [-0.15, -0.1) is 11.3 Å². The third-order valence-corrected chi connectivity index (χ3v) is 7.22. The van der Waals surface area contributed by atoms with Crippen LogP contribution in [0.25, 0.3) is 0 Å². The number of fused-ring (bicyclic) bond motifs is 1. The van der Waals surface area contributed by atoms with Crippen LogP contribution in [0.1, 0.15) is 30.6 Å². The number of hydrogen-bond donors (Lipinski definition) is 1. The minimum atomic E-state index is -0.490. The maximum atomic E-state index is 10.7. The van der Waals surface area contributed by atoms with E-state index >= 15 is 0 Å². The first-order valence-corrected chi connectivity index (χ1v) is 7.72. The number of thiophene rings is 1. The van der Waals surface area contributed by atoms with Crippen LogP contribution in [0.4, 0.5) is 0 Å². The lowest BCUT2D eigenvalue weighted by Crippen LogP contribution is -2.07. The highest BCUT2D eigenvalue weighted by Gasteiger charge is 2.65. The summed E-state index contributed by atoms with van der Waals surface area (Å²) in [6.45, 7) is 0. The molecule has 2 aliphatic carbocycles. The molecule has 3 rings (SSSR count). The predicted molar refractivity (Wildman–Crippen MR) is 69.1 cm³/mol. The second kappa shape index (κ2) is 3.56. The van der Waals surface area contributed by atoms with Gasteiger partial charge in [-0.1, -0.05) is 12.8 Å². The molecular formula is C11H12Br2OS. The molecule has 0 bridgehead atoms. The number of rotatable bonds is 1. The van der Waals surface area contributed by atoms with Crippen molar-refractivity contribution in [1.29, 1.82) is 0 Å². The molecule has 0 aromatic carbocycles. The van der Waals surface area contributed by atoms with E-state index in [0.717, 1.165) is 13.1 Å². The number of aliphatic hydroxyl groups is 1.